The quantitative estimate of drug-likeness (QED) is 0.863. The lowest BCUT2D eigenvalue weighted by Crippen LogP contribution is -2.25. The van der Waals surface area contributed by atoms with Crippen LogP contribution in [0.25, 0.3) is 10.9 Å². The van der Waals surface area contributed by atoms with Gasteiger partial charge >= 0.3 is 0 Å². The molecule has 1 unspecified atom stereocenters. The molecule has 19 heavy (non-hydrogen) atoms. The number of fused-ring (bicyclic) bond motifs is 1. The Morgan fingerprint density at radius 1 is 1.42 bits per heavy atom. The van der Waals surface area contributed by atoms with Gasteiger partial charge in [-0.3, -0.25) is 9.48 Å². The van der Waals surface area contributed by atoms with Gasteiger partial charge in [0.25, 0.3) is 0 Å². The van der Waals surface area contributed by atoms with Crippen LogP contribution in [0.2, 0.25) is 0 Å². The van der Waals surface area contributed by atoms with Crippen molar-refractivity contribution in [2.24, 2.45) is 18.7 Å². The van der Waals surface area contributed by atoms with E-state index < -0.39 is 0 Å². The van der Waals surface area contributed by atoms with Crippen LogP contribution in [0.4, 0.5) is 0 Å². The normalized spacial score (nSPS) is 12.8. The van der Waals surface area contributed by atoms with Crippen molar-refractivity contribution in [1.29, 1.82) is 0 Å². The minimum Gasteiger partial charge on any atom is -0.330 e. The number of para-hydroxylation sites is 1. The van der Waals surface area contributed by atoms with Gasteiger partial charge in [-0.25, -0.2) is 0 Å². The number of benzene rings is 1. The number of Topliss-reactive ketones (excluding diaryl/α,β-unsaturated/α-hetero) is 1. The number of aryl methyl sites for hydroxylation is 1. The van der Waals surface area contributed by atoms with Crippen molar-refractivity contribution in [3.8, 4) is 0 Å². The number of nitrogens with zero attached hydrogens (tertiary/aromatic N) is 2. The van der Waals surface area contributed by atoms with E-state index in [9.17, 15) is 4.79 Å². The Balaban J connectivity index is 2.24. The van der Waals surface area contributed by atoms with Crippen molar-refractivity contribution in [3.05, 3.63) is 30.0 Å². The van der Waals surface area contributed by atoms with E-state index in [1.54, 1.807) is 0 Å². The van der Waals surface area contributed by atoms with Gasteiger partial charge in [-0.2, -0.15) is 5.10 Å². The summed E-state index contributed by atoms with van der Waals surface area (Å²) in [4.78, 5) is 12.3. The van der Waals surface area contributed by atoms with E-state index in [2.05, 4.69) is 12.0 Å². The van der Waals surface area contributed by atoms with Gasteiger partial charge in [0.2, 0.25) is 0 Å². The van der Waals surface area contributed by atoms with Crippen molar-refractivity contribution in [2.75, 3.05) is 6.54 Å². The van der Waals surface area contributed by atoms with Crippen LogP contribution in [-0.2, 0) is 18.3 Å². The van der Waals surface area contributed by atoms with Crippen LogP contribution >= 0.6 is 0 Å². The fourth-order valence-corrected chi connectivity index (χ4v) is 2.49. The summed E-state index contributed by atoms with van der Waals surface area (Å²) in [6.07, 6.45) is 2.22. The number of aromatic nitrogens is 2. The van der Waals surface area contributed by atoms with E-state index in [1.165, 1.54) is 0 Å². The minimum atomic E-state index is -0.0363. The van der Waals surface area contributed by atoms with E-state index in [0.717, 1.165) is 29.4 Å². The Morgan fingerprint density at radius 2 is 2.16 bits per heavy atom. The first-order valence-corrected chi connectivity index (χ1v) is 6.80. The van der Waals surface area contributed by atoms with E-state index in [1.807, 2.05) is 36.0 Å². The van der Waals surface area contributed by atoms with Crippen molar-refractivity contribution in [2.45, 2.75) is 26.2 Å². The number of carbonyl (C=O) groups is 1. The highest BCUT2D eigenvalue weighted by molar-refractivity contribution is 5.89. The maximum absolute atomic E-state index is 12.3. The van der Waals surface area contributed by atoms with Crippen LogP contribution in [0.3, 0.4) is 0 Å². The third-order valence-electron chi connectivity index (χ3n) is 3.55. The summed E-state index contributed by atoms with van der Waals surface area (Å²) in [7, 11) is 1.91. The van der Waals surface area contributed by atoms with Crippen LogP contribution < -0.4 is 5.73 Å². The molecule has 0 saturated carbocycles. The van der Waals surface area contributed by atoms with Crippen LogP contribution in [0.15, 0.2) is 24.3 Å². The van der Waals surface area contributed by atoms with Gasteiger partial charge in [-0.15, -0.1) is 0 Å². The Kier molecular flexibility index (Phi) is 4.32. The highest BCUT2D eigenvalue weighted by Gasteiger charge is 2.19. The number of nitrogens with two attached hydrogens (primary N) is 1. The molecule has 2 N–H and O–H groups in total. The maximum Gasteiger partial charge on any atom is 0.143 e. The molecule has 4 heteroatoms. The van der Waals surface area contributed by atoms with Crippen LogP contribution in [0.5, 0.6) is 0 Å². The van der Waals surface area contributed by atoms with Crippen molar-refractivity contribution in [3.63, 3.8) is 0 Å². The van der Waals surface area contributed by atoms with Crippen molar-refractivity contribution in [1.82, 2.24) is 9.78 Å². The molecule has 0 aliphatic heterocycles. The molecule has 2 rings (SSSR count). The van der Waals surface area contributed by atoms with Crippen LogP contribution in [-0.4, -0.2) is 22.1 Å². The second-order valence-corrected chi connectivity index (χ2v) is 4.95. The van der Waals surface area contributed by atoms with E-state index >= 15 is 0 Å². The molecule has 0 radical (unpaired) electrons. The standard InChI is InChI=1S/C15H21N3O/c1-3-6-11(10-16)15(19)9-13-12-7-4-5-8-14(12)18(2)17-13/h4-5,7-8,11H,3,6,9-10,16H2,1-2H3. The smallest absolute Gasteiger partial charge is 0.143 e. The first-order valence-electron chi connectivity index (χ1n) is 6.80. The van der Waals surface area contributed by atoms with Crippen molar-refractivity contribution >= 4 is 16.7 Å². The highest BCUT2D eigenvalue weighted by Crippen LogP contribution is 2.19. The molecule has 0 saturated heterocycles. The van der Waals surface area contributed by atoms with Gasteiger partial charge in [0.1, 0.15) is 5.78 Å². The molecule has 2 aromatic rings. The van der Waals surface area contributed by atoms with Crippen LogP contribution in [0.1, 0.15) is 25.5 Å². The molecule has 0 spiro atoms. The van der Waals surface area contributed by atoms with Gasteiger partial charge in [0.05, 0.1) is 17.6 Å². The monoisotopic (exact) mass is 259 g/mol. The molecular formula is C15H21N3O. The predicted octanol–water partition coefficient (Wildman–Crippen LogP) is 2.06. The minimum absolute atomic E-state index is 0.0363. The first-order chi connectivity index (χ1) is 9.17. The van der Waals surface area contributed by atoms with Gasteiger partial charge in [-0.05, 0) is 12.5 Å². The summed E-state index contributed by atoms with van der Waals surface area (Å²) in [5.41, 5.74) is 7.60. The van der Waals surface area contributed by atoms with Gasteiger partial charge in [-0.1, -0.05) is 31.5 Å². The molecule has 4 nitrogen and oxygen atoms in total. The Hall–Kier alpha value is -1.68. The SMILES string of the molecule is CCCC(CN)C(=O)Cc1nn(C)c2ccccc12. The number of carbonyl (C=O) groups excluding carboxylic acids is 1. The molecular weight excluding hydrogens is 238 g/mol. The van der Waals surface area contributed by atoms with E-state index in [0.29, 0.717) is 13.0 Å². The molecule has 1 aromatic heterocycles. The molecule has 1 aromatic carbocycles. The van der Waals surface area contributed by atoms with E-state index in [-0.39, 0.29) is 11.7 Å². The predicted molar refractivity (Wildman–Crippen MR) is 76.9 cm³/mol. The summed E-state index contributed by atoms with van der Waals surface area (Å²) < 4.78 is 1.83. The summed E-state index contributed by atoms with van der Waals surface area (Å²) in [6, 6.07) is 7.99. The Morgan fingerprint density at radius 3 is 2.84 bits per heavy atom. The molecule has 1 atom stereocenters. The summed E-state index contributed by atoms with van der Waals surface area (Å²) in [6.45, 7) is 2.50. The zero-order valence-electron chi connectivity index (χ0n) is 11.6. The molecule has 1 heterocycles. The lowest BCUT2D eigenvalue weighted by Gasteiger charge is -2.11. The van der Waals surface area contributed by atoms with Gasteiger partial charge in [0, 0.05) is 24.9 Å². The lowest BCUT2D eigenvalue weighted by atomic mass is 9.95. The molecule has 0 amide bonds. The topological polar surface area (TPSA) is 60.9 Å². The largest absolute Gasteiger partial charge is 0.330 e. The summed E-state index contributed by atoms with van der Waals surface area (Å²) >= 11 is 0. The van der Waals surface area contributed by atoms with Crippen LogP contribution in [0, 0.1) is 5.92 Å². The second-order valence-electron chi connectivity index (χ2n) is 4.95. The number of rotatable bonds is 6. The fourth-order valence-electron chi connectivity index (χ4n) is 2.49. The second kappa shape index (κ2) is 5.97. The maximum atomic E-state index is 12.3. The zero-order chi connectivity index (χ0) is 13.8. The third-order valence-corrected chi connectivity index (χ3v) is 3.55. The molecule has 0 bridgehead atoms. The molecule has 102 valence electrons. The lowest BCUT2D eigenvalue weighted by molar-refractivity contribution is -0.122. The Bertz CT molecular complexity index is 574. The highest BCUT2D eigenvalue weighted by atomic mass is 16.1. The van der Waals surface area contributed by atoms with Gasteiger partial charge < -0.3 is 5.73 Å². The molecule has 0 aliphatic rings. The fraction of sp³-hybridized carbons (Fsp3) is 0.467. The summed E-state index contributed by atoms with van der Waals surface area (Å²) in [5, 5.41) is 5.52. The van der Waals surface area contributed by atoms with E-state index in [4.69, 9.17) is 5.73 Å². The number of hydrogen-bond donors (Lipinski definition) is 1. The van der Waals surface area contributed by atoms with Gasteiger partial charge in [0.15, 0.2) is 0 Å². The first kappa shape index (κ1) is 13.7. The number of ketones is 1. The Labute approximate surface area is 113 Å². The van der Waals surface area contributed by atoms with Crippen molar-refractivity contribution < 1.29 is 4.79 Å². The summed E-state index contributed by atoms with van der Waals surface area (Å²) in [5.74, 6) is 0.166. The molecule has 0 aliphatic carbocycles. The molecule has 0 fully saturated rings. The zero-order valence-corrected chi connectivity index (χ0v) is 11.6. The number of hydrogen-bond acceptors (Lipinski definition) is 3. The average molecular weight is 259 g/mol. The average Bonchev–Trinajstić information content (AvgIpc) is 2.73. The third kappa shape index (κ3) is 2.84.